The number of halogens is 1. The van der Waals surface area contributed by atoms with Gasteiger partial charge < -0.3 is 20.1 Å². The number of rotatable bonds is 6. The summed E-state index contributed by atoms with van der Waals surface area (Å²) in [6.07, 6.45) is 1.94. The molecule has 9 heteroatoms. The van der Waals surface area contributed by atoms with Crippen LogP contribution in [0.15, 0.2) is 59.1 Å². The average molecular weight is 437 g/mol. The summed E-state index contributed by atoms with van der Waals surface area (Å²) in [5, 5.41) is 9.78. The van der Waals surface area contributed by atoms with Crippen LogP contribution in [0.1, 0.15) is 25.2 Å². The molecule has 0 spiro atoms. The standard InChI is InChI=1S/C23H24FN5O3/c24-17-8-6-16(7-9-17)22-27-21(32-28-22)11-10-20(30)25-19-12-14-29(15-13-19)23(31)26-18-4-2-1-3-5-18/h1-9,19H,10-15H2,(H,25,30)(H,26,31). The number of urea groups is 1. The molecule has 1 fully saturated rings. The predicted molar refractivity (Wildman–Crippen MR) is 116 cm³/mol. The summed E-state index contributed by atoms with van der Waals surface area (Å²) < 4.78 is 18.2. The van der Waals surface area contributed by atoms with Gasteiger partial charge in [-0.25, -0.2) is 9.18 Å². The van der Waals surface area contributed by atoms with Crippen LogP contribution in [-0.2, 0) is 11.2 Å². The second-order valence-electron chi connectivity index (χ2n) is 7.64. The van der Waals surface area contributed by atoms with E-state index in [2.05, 4.69) is 20.8 Å². The van der Waals surface area contributed by atoms with Crippen molar-refractivity contribution in [1.29, 1.82) is 0 Å². The molecule has 0 aliphatic carbocycles. The highest BCUT2D eigenvalue weighted by atomic mass is 19.1. The number of anilines is 1. The molecule has 3 amide bonds. The predicted octanol–water partition coefficient (Wildman–Crippen LogP) is 3.62. The van der Waals surface area contributed by atoms with Crippen molar-refractivity contribution in [2.24, 2.45) is 0 Å². The van der Waals surface area contributed by atoms with Gasteiger partial charge in [-0.15, -0.1) is 0 Å². The molecule has 0 unspecified atom stereocenters. The second kappa shape index (κ2) is 10.0. The number of benzene rings is 2. The van der Waals surface area contributed by atoms with Crippen LogP contribution in [-0.4, -0.2) is 46.1 Å². The molecule has 0 radical (unpaired) electrons. The maximum atomic E-state index is 13.0. The Hall–Kier alpha value is -3.75. The first-order valence-electron chi connectivity index (χ1n) is 10.6. The first-order chi connectivity index (χ1) is 15.6. The zero-order valence-corrected chi connectivity index (χ0v) is 17.5. The van der Waals surface area contributed by atoms with Crippen LogP contribution in [0.25, 0.3) is 11.4 Å². The van der Waals surface area contributed by atoms with Crippen molar-refractivity contribution in [3.05, 3.63) is 66.3 Å². The lowest BCUT2D eigenvalue weighted by Crippen LogP contribution is -2.47. The second-order valence-corrected chi connectivity index (χ2v) is 7.64. The molecule has 1 aromatic heterocycles. The number of nitrogens with zero attached hydrogens (tertiary/aromatic N) is 3. The van der Waals surface area contributed by atoms with E-state index in [0.717, 1.165) is 5.69 Å². The highest BCUT2D eigenvalue weighted by molar-refractivity contribution is 5.89. The largest absolute Gasteiger partial charge is 0.353 e. The van der Waals surface area contributed by atoms with Gasteiger partial charge in [-0.05, 0) is 49.2 Å². The van der Waals surface area contributed by atoms with Crippen molar-refractivity contribution in [3.8, 4) is 11.4 Å². The molecule has 8 nitrogen and oxygen atoms in total. The van der Waals surface area contributed by atoms with E-state index in [-0.39, 0.29) is 30.2 Å². The van der Waals surface area contributed by atoms with Crippen LogP contribution in [0.5, 0.6) is 0 Å². The number of hydrogen-bond donors (Lipinski definition) is 2. The van der Waals surface area contributed by atoms with Crippen LogP contribution >= 0.6 is 0 Å². The zero-order chi connectivity index (χ0) is 22.3. The minimum atomic E-state index is -0.336. The molecule has 1 aliphatic heterocycles. The number of nitrogens with one attached hydrogen (secondary N) is 2. The first kappa shape index (κ1) is 21.5. The van der Waals surface area contributed by atoms with Gasteiger partial charge >= 0.3 is 6.03 Å². The Morgan fingerprint density at radius 3 is 2.50 bits per heavy atom. The highest BCUT2D eigenvalue weighted by Gasteiger charge is 2.24. The van der Waals surface area contributed by atoms with E-state index in [9.17, 15) is 14.0 Å². The van der Waals surface area contributed by atoms with Crippen LogP contribution in [0.2, 0.25) is 0 Å². The van der Waals surface area contributed by atoms with Gasteiger partial charge in [-0.1, -0.05) is 23.4 Å². The Morgan fingerprint density at radius 2 is 1.78 bits per heavy atom. The van der Waals surface area contributed by atoms with Crippen LogP contribution in [0, 0.1) is 5.82 Å². The van der Waals surface area contributed by atoms with Gasteiger partial charge in [0.05, 0.1) is 0 Å². The Labute approximate surface area is 184 Å². The smallest absolute Gasteiger partial charge is 0.321 e. The van der Waals surface area contributed by atoms with Gasteiger partial charge in [-0.3, -0.25) is 4.79 Å². The SMILES string of the molecule is O=C(CCc1nc(-c2ccc(F)cc2)no1)NC1CCN(C(=O)Nc2ccccc2)CC1. The lowest BCUT2D eigenvalue weighted by Gasteiger charge is -2.32. The third-order valence-electron chi connectivity index (χ3n) is 5.31. The monoisotopic (exact) mass is 437 g/mol. The molecule has 0 saturated carbocycles. The van der Waals surface area contributed by atoms with Crippen molar-refractivity contribution in [3.63, 3.8) is 0 Å². The third-order valence-corrected chi connectivity index (χ3v) is 5.31. The molecular weight excluding hydrogens is 413 g/mol. The van der Waals surface area contributed by atoms with Crippen LogP contribution in [0.3, 0.4) is 0 Å². The van der Waals surface area contributed by atoms with E-state index < -0.39 is 0 Å². The van der Waals surface area contributed by atoms with Crippen molar-refractivity contribution in [1.82, 2.24) is 20.4 Å². The quantitative estimate of drug-likeness (QED) is 0.614. The third kappa shape index (κ3) is 5.69. The van der Waals surface area contributed by atoms with Gasteiger partial charge in [0.1, 0.15) is 5.82 Å². The van der Waals surface area contributed by atoms with Gasteiger partial charge in [0.25, 0.3) is 0 Å². The Kier molecular flexibility index (Phi) is 6.74. The molecule has 0 bridgehead atoms. The van der Waals surface area contributed by atoms with E-state index in [4.69, 9.17) is 4.52 Å². The Morgan fingerprint density at radius 1 is 1.06 bits per heavy atom. The molecule has 1 saturated heterocycles. The van der Waals surface area contributed by atoms with E-state index in [1.165, 1.54) is 12.1 Å². The van der Waals surface area contributed by atoms with Gasteiger partial charge in [-0.2, -0.15) is 4.98 Å². The van der Waals surface area contributed by atoms with Crippen molar-refractivity contribution in [2.45, 2.75) is 31.7 Å². The van der Waals surface area contributed by atoms with E-state index in [1.807, 2.05) is 30.3 Å². The number of likely N-dealkylation sites (tertiary alicyclic amines) is 1. The fourth-order valence-corrected chi connectivity index (χ4v) is 3.54. The summed E-state index contributed by atoms with van der Waals surface area (Å²) in [5.41, 5.74) is 1.41. The zero-order valence-electron chi connectivity index (χ0n) is 17.5. The number of para-hydroxylation sites is 1. The maximum absolute atomic E-state index is 13.0. The molecule has 2 N–H and O–H groups in total. The molecular formula is C23H24FN5O3. The summed E-state index contributed by atoms with van der Waals surface area (Å²) in [7, 11) is 0. The highest BCUT2D eigenvalue weighted by Crippen LogP contribution is 2.17. The van der Waals surface area contributed by atoms with Crippen molar-refractivity contribution < 1.29 is 18.5 Å². The van der Waals surface area contributed by atoms with E-state index >= 15 is 0 Å². The summed E-state index contributed by atoms with van der Waals surface area (Å²) in [4.78, 5) is 30.7. The normalized spacial score (nSPS) is 14.2. The summed E-state index contributed by atoms with van der Waals surface area (Å²) >= 11 is 0. The number of carbonyl (C=O) groups is 2. The maximum Gasteiger partial charge on any atom is 0.321 e. The molecule has 0 atom stereocenters. The molecule has 2 heterocycles. The molecule has 4 rings (SSSR count). The molecule has 1 aliphatic rings. The van der Waals surface area contributed by atoms with Crippen molar-refractivity contribution in [2.75, 3.05) is 18.4 Å². The molecule has 2 aromatic carbocycles. The Bertz CT molecular complexity index is 1050. The fraction of sp³-hybridized carbons (Fsp3) is 0.304. The molecule has 3 aromatic rings. The fourth-order valence-electron chi connectivity index (χ4n) is 3.54. The van der Waals surface area contributed by atoms with E-state index in [1.54, 1.807) is 17.0 Å². The number of piperidine rings is 1. The lowest BCUT2D eigenvalue weighted by molar-refractivity contribution is -0.122. The van der Waals surface area contributed by atoms with Crippen molar-refractivity contribution >= 4 is 17.6 Å². The lowest BCUT2D eigenvalue weighted by atomic mass is 10.0. The van der Waals surface area contributed by atoms with Crippen LogP contribution < -0.4 is 10.6 Å². The number of aryl methyl sites for hydroxylation is 1. The van der Waals surface area contributed by atoms with Gasteiger partial charge in [0, 0.05) is 43.2 Å². The molecule has 32 heavy (non-hydrogen) atoms. The number of amides is 3. The number of carbonyl (C=O) groups excluding carboxylic acids is 2. The summed E-state index contributed by atoms with van der Waals surface area (Å²) in [5.74, 6) is 0.281. The first-order valence-corrected chi connectivity index (χ1v) is 10.6. The number of aromatic nitrogens is 2. The summed E-state index contributed by atoms with van der Waals surface area (Å²) in [6, 6.07) is 15.0. The average Bonchev–Trinajstić information content (AvgIpc) is 3.28. The topological polar surface area (TPSA) is 100 Å². The minimum Gasteiger partial charge on any atom is -0.353 e. The number of hydrogen-bond acceptors (Lipinski definition) is 5. The van der Waals surface area contributed by atoms with Gasteiger partial charge in [0.15, 0.2) is 0 Å². The van der Waals surface area contributed by atoms with Crippen LogP contribution in [0.4, 0.5) is 14.9 Å². The Balaban J connectivity index is 1.19. The summed E-state index contributed by atoms with van der Waals surface area (Å²) in [6.45, 7) is 1.16. The minimum absolute atomic E-state index is 0.0285. The van der Waals surface area contributed by atoms with E-state index in [0.29, 0.717) is 49.6 Å². The van der Waals surface area contributed by atoms with Gasteiger partial charge in [0.2, 0.25) is 17.6 Å². The molecule has 166 valence electrons.